The average molecular weight is 311 g/mol. The van der Waals surface area contributed by atoms with Crippen LogP contribution < -0.4 is 5.32 Å². The molecule has 5 heteroatoms. The molecule has 0 aliphatic rings. The number of benzene rings is 1. The monoisotopic (exact) mass is 310 g/mol. The lowest BCUT2D eigenvalue weighted by atomic mass is 10.1. The Morgan fingerprint density at radius 2 is 2.15 bits per heavy atom. The van der Waals surface area contributed by atoms with Gasteiger partial charge in [0.2, 0.25) is 0 Å². The number of nitrogens with one attached hydrogen (secondary N) is 1. The molecule has 1 heterocycles. The maximum atomic E-state index is 13.6. The van der Waals surface area contributed by atoms with Crippen LogP contribution in [0, 0.1) is 5.82 Å². The molecule has 0 saturated heterocycles. The number of nitrogens with zero attached hydrogens (tertiary/aromatic N) is 1. The number of thioether (sulfide) groups is 1. The summed E-state index contributed by atoms with van der Waals surface area (Å²) in [6.07, 6.45) is 4.17. The number of hydrogen-bond donors (Lipinski definition) is 1. The summed E-state index contributed by atoms with van der Waals surface area (Å²) in [5.74, 6) is 0.602. The molecule has 1 unspecified atom stereocenters. The van der Waals surface area contributed by atoms with Gasteiger partial charge in [-0.25, -0.2) is 4.39 Å². The Morgan fingerprint density at radius 3 is 2.85 bits per heavy atom. The van der Waals surface area contributed by atoms with Crippen LogP contribution in [-0.2, 0) is 6.42 Å². The van der Waals surface area contributed by atoms with Crippen molar-refractivity contribution >= 4 is 23.4 Å². The molecule has 1 aromatic heterocycles. The Labute approximate surface area is 127 Å². The van der Waals surface area contributed by atoms with Gasteiger partial charge in [-0.3, -0.25) is 4.98 Å². The molecular formula is C15H16ClFN2S. The van der Waals surface area contributed by atoms with Crippen molar-refractivity contribution in [1.82, 2.24) is 10.3 Å². The van der Waals surface area contributed by atoms with Crippen LogP contribution in [0.1, 0.15) is 5.56 Å². The minimum atomic E-state index is -0.172. The second kappa shape index (κ2) is 7.62. The van der Waals surface area contributed by atoms with E-state index in [9.17, 15) is 4.39 Å². The predicted octanol–water partition coefficient (Wildman–Crippen LogP) is 3.80. The van der Waals surface area contributed by atoms with Crippen LogP contribution >= 0.6 is 23.4 Å². The van der Waals surface area contributed by atoms with Crippen LogP contribution in [0.4, 0.5) is 4.39 Å². The van der Waals surface area contributed by atoms with E-state index in [4.69, 9.17) is 11.6 Å². The Morgan fingerprint density at radius 1 is 1.35 bits per heavy atom. The maximum absolute atomic E-state index is 13.6. The highest BCUT2D eigenvalue weighted by Gasteiger charge is 2.11. The molecule has 0 saturated carbocycles. The van der Waals surface area contributed by atoms with E-state index in [1.54, 1.807) is 24.5 Å². The van der Waals surface area contributed by atoms with Crippen molar-refractivity contribution in [3.63, 3.8) is 0 Å². The molecule has 20 heavy (non-hydrogen) atoms. The first-order valence-corrected chi connectivity index (χ1v) is 7.70. The van der Waals surface area contributed by atoms with Crippen molar-refractivity contribution in [3.05, 3.63) is 59.1 Å². The molecule has 0 radical (unpaired) electrons. The zero-order chi connectivity index (χ0) is 14.4. The normalized spacial score (nSPS) is 12.3. The summed E-state index contributed by atoms with van der Waals surface area (Å²) in [6.45, 7) is 0. The summed E-state index contributed by atoms with van der Waals surface area (Å²) in [6, 6.07) is 8.97. The summed E-state index contributed by atoms with van der Waals surface area (Å²) in [5, 5.41) is 3.92. The minimum Gasteiger partial charge on any atom is -0.316 e. The number of hydrogen-bond acceptors (Lipinski definition) is 3. The van der Waals surface area contributed by atoms with Gasteiger partial charge in [0.15, 0.2) is 0 Å². The average Bonchev–Trinajstić information content (AvgIpc) is 2.47. The lowest BCUT2D eigenvalue weighted by molar-refractivity contribution is 0.598. The smallest absolute Gasteiger partial charge is 0.136 e. The molecule has 0 aliphatic heterocycles. The van der Waals surface area contributed by atoms with E-state index >= 15 is 0 Å². The van der Waals surface area contributed by atoms with E-state index in [1.165, 1.54) is 17.8 Å². The van der Waals surface area contributed by atoms with Gasteiger partial charge in [-0.15, -0.1) is 11.8 Å². The summed E-state index contributed by atoms with van der Waals surface area (Å²) in [4.78, 5) is 4.65. The van der Waals surface area contributed by atoms with E-state index < -0.39 is 0 Å². The molecule has 0 bridgehead atoms. The number of likely N-dealkylation sites (N-methyl/N-ethyl adjacent to an activating group) is 1. The van der Waals surface area contributed by atoms with Crippen molar-refractivity contribution in [2.24, 2.45) is 0 Å². The summed E-state index contributed by atoms with van der Waals surface area (Å²) in [7, 11) is 1.90. The van der Waals surface area contributed by atoms with Gasteiger partial charge in [0.05, 0.1) is 5.02 Å². The lowest BCUT2D eigenvalue weighted by Gasteiger charge is -2.16. The molecular weight excluding hydrogens is 295 g/mol. The maximum Gasteiger partial charge on any atom is 0.136 e. The van der Waals surface area contributed by atoms with E-state index in [1.807, 2.05) is 19.2 Å². The fourth-order valence-corrected chi connectivity index (χ4v) is 3.07. The second-order valence-corrected chi connectivity index (χ2v) is 5.87. The van der Waals surface area contributed by atoms with Crippen molar-refractivity contribution in [2.75, 3.05) is 12.8 Å². The second-order valence-electron chi connectivity index (χ2n) is 4.40. The number of halogens is 2. The molecule has 2 nitrogen and oxygen atoms in total. The third-order valence-electron chi connectivity index (χ3n) is 3.01. The third kappa shape index (κ3) is 4.20. The highest BCUT2D eigenvalue weighted by atomic mass is 35.5. The standard InChI is InChI=1S/C15H16ClFN2S/c1-18-12(8-11-6-7-19-9-13(11)16)10-20-15-5-3-2-4-14(15)17/h2-7,9,12,18H,8,10H2,1H3. The van der Waals surface area contributed by atoms with Gasteiger partial charge in [-0.1, -0.05) is 23.7 Å². The molecule has 2 rings (SSSR count). The Kier molecular flexibility index (Phi) is 5.83. The van der Waals surface area contributed by atoms with Crippen LogP contribution in [0.3, 0.4) is 0 Å². The zero-order valence-electron chi connectivity index (χ0n) is 11.1. The highest BCUT2D eigenvalue weighted by molar-refractivity contribution is 7.99. The molecule has 1 aromatic carbocycles. The number of pyridine rings is 1. The molecule has 2 aromatic rings. The predicted molar refractivity (Wildman–Crippen MR) is 82.9 cm³/mol. The van der Waals surface area contributed by atoms with Crippen LogP contribution in [-0.4, -0.2) is 23.8 Å². The van der Waals surface area contributed by atoms with Gasteiger partial charge in [0, 0.05) is 29.1 Å². The van der Waals surface area contributed by atoms with Gasteiger partial charge < -0.3 is 5.32 Å². The van der Waals surface area contributed by atoms with Crippen LogP contribution in [0.5, 0.6) is 0 Å². The van der Waals surface area contributed by atoms with E-state index in [0.717, 1.165) is 17.7 Å². The first-order valence-electron chi connectivity index (χ1n) is 6.33. The van der Waals surface area contributed by atoms with Gasteiger partial charge >= 0.3 is 0 Å². The molecule has 0 spiro atoms. The van der Waals surface area contributed by atoms with Crippen LogP contribution in [0.2, 0.25) is 5.02 Å². The fourth-order valence-electron chi connectivity index (χ4n) is 1.83. The fraction of sp³-hybridized carbons (Fsp3) is 0.267. The van der Waals surface area contributed by atoms with Crippen molar-refractivity contribution in [2.45, 2.75) is 17.4 Å². The molecule has 0 aliphatic carbocycles. The number of rotatable bonds is 6. The van der Waals surface area contributed by atoms with E-state index in [2.05, 4.69) is 10.3 Å². The van der Waals surface area contributed by atoms with Crippen molar-refractivity contribution in [3.8, 4) is 0 Å². The van der Waals surface area contributed by atoms with Crippen LogP contribution in [0.15, 0.2) is 47.6 Å². The quantitative estimate of drug-likeness (QED) is 0.822. The van der Waals surface area contributed by atoms with Crippen molar-refractivity contribution < 1.29 is 4.39 Å². The largest absolute Gasteiger partial charge is 0.316 e. The van der Waals surface area contributed by atoms with Gasteiger partial charge in [0.25, 0.3) is 0 Å². The number of aromatic nitrogens is 1. The third-order valence-corrected chi connectivity index (χ3v) is 4.56. The zero-order valence-corrected chi connectivity index (χ0v) is 12.7. The molecule has 0 amide bonds. The SMILES string of the molecule is CNC(CSc1ccccc1F)Cc1ccncc1Cl. The summed E-state index contributed by atoms with van der Waals surface area (Å²) < 4.78 is 13.6. The Hall–Kier alpha value is -1.10. The lowest BCUT2D eigenvalue weighted by Crippen LogP contribution is -2.30. The minimum absolute atomic E-state index is 0.172. The summed E-state index contributed by atoms with van der Waals surface area (Å²) in [5.41, 5.74) is 1.05. The van der Waals surface area contributed by atoms with Crippen molar-refractivity contribution in [1.29, 1.82) is 0 Å². The van der Waals surface area contributed by atoms with E-state index in [0.29, 0.717) is 9.92 Å². The molecule has 0 fully saturated rings. The van der Waals surface area contributed by atoms with Gasteiger partial charge in [0.1, 0.15) is 5.82 Å². The first kappa shape index (κ1) is 15.3. The molecule has 1 atom stereocenters. The van der Waals surface area contributed by atoms with Gasteiger partial charge in [-0.05, 0) is 37.2 Å². The van der Waals surface area contributed by atoms with Gasteiger partial charge in [-0.2, -0.15) is 0 Å². The highest BCUT2D eigenvalue weighted by Crippen LogP contribution is 2.23. The van der Waals surface area contributed by atoms with Crippen LogP contribution in [0.25, 0.3) is 0 Å². The molecule has 106 valence electrons. The Balaban J connectivity index is 1.96. The Bertz CT molecular complexity index is 565. The van der Waals surface area contributed by atoms with E-state index in [-0.39, 0.29) is 11.9 Å². The summed E-state index contributed by atoms with van der Waals surface area (Å²) >= 11 is 7.62. The first-order chi connectivity index (χ1) is 9.70. The topological polar surface area (TPSA) is 24.9 Å². The molecule has 1 N–H and O–H groups in total.